The Morgan fingerprint density at radius 2 is 2.41 bits per heavy atom. The summed E-state index contributed by atoms with van der Waals surface area (Å²) in [5.41, 5.74) is 0.797. The molecule has 1 unspecified atom stereocenters. The van der Waals surface area contributed by atoms with E-state index < -0.39 is 0 Å². The molecule has 0 N–H and O–H groups in total. The Kier molecular flexibility index (Phi) is 4.65. The van der Waals surface area contributed by atoms with Crippen molar-refractivity contribution in [3.8, 4) is 0 Å². The van der Waals surface area contributed by atoms with Gasteiger partial charge in [0, 0.05) is 34.1 Å². The maximum absolute atomic E-state index is 12.1. The zero-order chi connectivity index (χ0) is 12.3. The van der Waals surface area contributed by atoms with Crippen molar-refractivity contribution in [2.75, 3.05) is 25.4 Å². The molecule has 1 aromatic rings. The van der Waals surface area contributed by atoms with E-state index in [0.29, 0.717) is 11.8 Å². The number of rotatable bonds is 3. The van der Waals surface area contributed by atoms with E-state index in [1.807, 2.05) is 36.0 Å². The van der Waals surface area contributed by atoms with Crippen LogP contribution < -0.4 is 0 Å². The molecular weight excluding hydrogens is 298 g/mol. The van der Waals surface area contributed by atoms with E-state index in [0.717, 1.165) is 28.9 Å². The number of halogens is 1. The van der Waals surface area contributed by atoms with Crippen molar-refractivity contribution in [3.05, 3.63) is 34.3 Å². The Balaban J connectivity index is 1.97. The Labute approximate surface area is 115 Å². The molecule has 4 heteroatoms. The molecule has 1 aromatic carbocycles. The predicted octanol–water partition coefficient (Wildman–Crippen LogP) is 3.07. The molecule has 1 heterocycles. The number of hydrogen-bond acceptors (Lipinski definition) is 3. The minimum atomic E-state index is 0.213. The van der Waals surface area contributed by atoms with E-state index in [9.17, 15) is 4.79 Å². The van der Waals surface area contributed by atoms with E-state index in [-0.39, 0.29) is 5.78 Å². The van der Waals surface area contributed by atoms with Crippen LogP contribution in [-0.4, -0.2) is 41.3 Å². The highest BCUT2D eigenvalue weighted by atomic mass is 79.9. The summed E-state index contributed by atoms with van der Waals surface area (Å²) in [6.07, 6.45) is 0. The number of Topliss-reactive ketones (excluding diaryl/α,β-unsaturated/α-hetero) is 1. The molecule has 92 valence electrons. The summed E-state index contributed by atoms with van der Waals surface area (Å²) in [5, 5.41) is 0.638. The molecule has 1 aliphatic rings. The van der Waals surface area contributed by atoms with Crippen LogP contribution in [0, 0.1) is 0 Å². The molecule has 1 saturated heterocycles. The maximum atomic E-state index is 12.1. The van der Waals surface area contributed by atoms with Crippen LogP contribution in [0.3, 0.4) is 0 Å². The van der Waals surface area contributed by atoms with Gasteiger partial charge in [-0.05, 0) is 12.1 Å². The molecule has 2 rings (SSSR count). The third-order valence-corrected chi connectivity index (χ3v) is 4.47. The number of hydrogen-bond donors (Lipinski definition) is 0. The van der Waals surface area contributed by atoms with Crippen molar-refractivity contribution in [1.29, 1.82) is 0 Å². The summed E-state index contributed by atoms with van der Waals surface area (Å²) in [6.45, 7) is 4.81. The molecule has 17 heavy (non-hydrogen) atoms. The zero-order valence-corrected chi connectivity index (χ0v) is 12.3. The first-order valence-electron chi connectivity index (χ1n) is 5.78. The first kappa shape index (κ1) is 13.1. The van der Waals surface area contributed by atoms with Crippen molar-refractivity contribution in [2.45, 2.75) is 12.2 Å². The van der Waals surface area contributed by atoms with Gasteiger partial charge in [-0.25, -0.2) is 0 Å². The number of thioether (sulfide) groups is 1. The second kappa shape index (κ2) is 6.03. The number of ketones is 1. The lowest BCUT2D eigenvalue weighted by Gasteiger charge is -2.29. The van der Waals surface area contributed by atoms with Crippen LogP contribution in [0.4, 0.5) is 0 Å². The van der Waals surface area contributed by atoms with Gasteiger partial charge in [-0.2, -0.15) is 11.8 Å². The van der Waals surface area contributed by atoms with Crippen LogP contribution in [0.2, 0.25) is 0 Å². The van der Waals surface area contributed by atoms with E-state index in [4.69, 9.17) is 0 Å². The lowest BCUT2D eigenvalue weighted by atomic mass is 10.1. The van der Waals surface area contributed by atoms with Gasteiger partial charge in [0.15, 0.2) is 5.78 Å². The number of nitrogens with zero attached hydrogens (tertiary/aromatic N) is 1. The monoisotopic (exact) mass is 313 g/mol. The largest absolute Gasteiger partial charge is 0.294 e. The Bertz CT molecular complexity index is 410. The third-order valence-electron chi connectivity index (χ3n) is 2.84. The normalized spacial score (nSPS) is 21.4. The van der Waals surface area contributed by atoms with Crippen molar-refractivity contribution in [2.24, 2.45) is 0 Å². The molecule has 0 spiro atoms. The van der Waals surface area contributed by atoms with Crippen molar-refractivity contribution >= 4 is 33.5 Å². The minimum Gasteiger partial charge on any atom is -0.294 e. The summed E-state index contributed by atoms with van der Waals surface area (Å²) < 4.78 is 0.964. The van der Waals surface area contributed by atoms with Crippen molar-refractivity contribution in [3.63, 3.8) is 0 Å². The fraction of sp³-hybridized carbons (Fsp3) is 0.462. The summed E-state index contributed by atoms with van der Waals surface area (Å²) in [6, 6.07) is 7.63. The molecule has 0 radical (unpaired) electrons. The van der Waals surface area contributed by atoms with Gasteiger partial charge in [-0.15, -0.1) is 0 Å². The van der Waals surface area contributed by atoms with Crippen LogP contribution in [0.25, 0.3) is 0 Å². The third kappa shape index (κ3) is 3.83. The molecule has 0 amide bonds. The molecular formula is C13H16BrNOS. The summed E-state index contributed by atoms with van der Waals surface area (Å²) in [7, 11) is 0. The Morgan fingerprint density at radius 1 is 1.59 bits per heavy atom. The zero-order valence-electron chi connectivity index (χ0n) is 9.86. The maximum Gasteiger partial charge on any atom is 0.176 e. The Morgan fingerprint density at radius 3 is 3.12 bits per heavy atom. The fourth-order valence-electron chi connectivity index (χ4n) is 1.99. The van der Waals surface area contributed by atoms with Crippen LogP contribution in [-0.2, 0) is 0 Å². The van der Waals surface area contributed by atoms with Crippen molar-refractivity contribution < 1.29 is 4.79 Å². The van der Waals surface area contributed by atoms with Gasteiger partial charge in [-0.1, -0.05) is 35.0 Å². The van der Waals surface area contributed by atoms with Gasteiger partial charge < -0.3 is 0 Å². The quantitative estimate of drug-likeness (QED) is 0.800. The molecule has 0 saturated carbocycles. The predicted molar refractivity (Wildman–Crippen MR) is 76.8 cm³/mol. The molecule has 1 fully saturated rings. The fourth-order valence-corrected chi connectivity index (χ4v) is 3.47. The SMILES string of the molecule is CC1CN(CC(=O)c2cccc(Br)c2)CCS1. The van der Waals surface area contributed by atoms with Crippen LogP contribution >= 0.6 is 27.7 Å². The molecule has 1 aliphatic heterocycles. The lowest BCUT2D eigenvalue weighted by Crippen LogP contribution is -2.39. The standard InChI is InChI=1S/C13H16BrNOS/c1-10-8-15(5-6-17-10)9-13(16)11-3-2-4-12(14)7-11/h2-4,7,10H,5-6,8-9H2,1H3. The molecule has 2 nitrogen and oxygen atoms in total. The second-order valence-corrected chi connectivity index (χ2v) is 6.81. The smallest absolute Gasteiger partial charge is 0.176 e. The van der Waals surface area contributed by atoms with Crippen LogP contribution in [0.15, 0.2) is 28.7 Å². The van der Waals surface area contributed by atoms with Gasteiger partial charge in [0.05, 0.1) is 6.54 Å². The van der Waals surface area contributed by atoms with E-state index in [1.165, 1.54) is 0 Å². The number of carbonyl (C=O) groups is 1. The number of benzene rings is 1. The van der Waals surface area contributed by atoms with Gasteiger partial charge >= 0.3 is 0 Å². The highest BCUT2D eigenvalue weighted by Gasteiger charge is 2.19. The summed E-state index contributed by atoms with van der Waals surface area (Å²) >= 11 is 5.38. The average molecular weight is 314 g/mol. The van der Waals surface area contributed by atoms with Gasteiger partial charge in [0.1, 0.15) is 0 Å². The Hall–Kier alpha value is -0.320. The van der Waals surface area contributed by atoms with Crippen LogP contribution in [0.5, 0.6) is 0 Å². The minimum absolute atomic E-state index is 0.213. The van der Waals surface area contributed by atoms with E-state index in [1.54, 1.807) is 0 Å². The van der Waals surface area contributed by atoms with Gasteiger partial charge in [0.25, 0.3) is 0 Å². The second-order valence-electron chi connectivity index (χ2n) is 4.35. The first-order chi connectivity index (χ1) is 8.15. The molecule has 1 atom stereocenters. The van der Waals surface area contributed by atoms with Gasteiger partial charge in [-0.3, -0.25) is 9.69 Å². The van der Waals surface area contributed by atoms with E-state index >= 15 is 0 Å². The summed E-state index contributed by atoms with van der Waals surface area (Å²) in [4.78, 5) is 14.4. The first-order valence-corrected chi connectivity index (χ1v) is 7.62. The topological polar surface area (TPSA) is 20.3 Å². The summed E-state index contributed by atoms with van der Waals surface area (Å²) in [5.74, 6) is 1.35. The van der Waals surface area contributed by atoms with E-state index in [2.05, 4.69) is 27.8 Å². The number of carbonyl (C=O) groups excluding carboxylic acids is 1. The molecule has 0 aromatic heterocycles. The highest BCUT2D eigenvalue weighted by molar-refractivity contribution is 9.10. The van der Waals surface area contributed by atoms with Gasteiger partial charge in [0.2, 0.25) is 0 Å². The van der Waals surface area contributed by atoms with Crippen molar-refractivity contribution in [1.82, 2.24) is 4.90 Å². The molecule has 0 bridgehead atoms. The van der Waals surface area contributed by atoms with Crippen LogP contribution in [0.1, 0.15) is 17.3 Å². The highest BCUT2D eigenvalue weighted by Crippen LogP contribution is 2.18. The molecule has 0 aliphatic carbocycles. The lowest BCUT2D eigenvalue weighted by molar-refractivity contribution is 0.0933. The average Bonchev–Trinajstić information content (AvgIpc) is 2.29.